The number of nitrogens with one attached hydrogen (secondary N) is 1. The lowest BCUT2D eigenvalue weighted by atomic mass is 10.0. The van der Waals surface area contributed by atoms with Crippen LogP contribution >= 0.6 is 0 Å². The number of amides is 1. The van der Waals surface area contributed by atoms with Gasteiger partial charge in [0.1, 0.15) is 0 Å². The normalized spacial score (nSPS) is 12.6. The van der Waals surface area contributed by atoms with Crippen LogP contribution in [0.15, 0.2) is 24.3 Å². The lowest BCUT2D eigenvalue weighted by Gasteiger charge is -2.22. The molecule has 0 aromatic carbocycles. The van der Waals surface area contributed by atoms with Gasteiger partial charge in [-0.3, -0.25) is 9.59 Å². The molecule has 0 spiro atoms. The molecule has 0 fully saturated rings. The summed E-state index contributed by atoms with van der Waals surface area (Å²) in [4.78, 5) is 24.7. The van der Waals surface area contributed by atoms with Crippen molar-refractivity contribution in [2.75, 3.05) is 13.2 Å². The predicted octanol–water partition coefficient (Wildman–Crippen LogP) is 24.5. The Bertz CT molecular complexity index is 1280. The Labute approximate surface area is 513 Å². The van der Waals surface area contributed by atoms with E-state index in [0.717, 1.165) is 44.9 Å². The molecule has 0 heterocycles. The molecule has 1 amide bonds. The number of unbranched alkanes of at least 4 members (excludes halogenated alkanes) is 56. The standard InChI is InChI=1S/C76H147NO5/c1-3-5-7-9-11-13-15-17-19-21-23-33-36-40-44-48-52-56-60-64-68-74(79)73(72-78)77-75(80)69-65-61-57-53-49-45-41-37-34-31-29-27-25-24-26-28-30-32-35-39-43-47-51-55-59-63-67-71-82-76(81)70-66-62-58-54-50-46-42-38-22-20-18-16-14-12-10-8-6-4-2/h20,22,24-25,73-74,78-79H,3-19,21,23,26-72H2,1-2H3,(H,77,80)/b22-20-,25-24-. The van der Waals surface area contributed by atoms with Crippen molar-refractivity contribution in [2.24, 2.45) is 0 Å². The van der Waals surface area contributed by atoms with Crippen molar-refractivity contribution < 1.29 is 24.5 Å². The molecule has 82 heavy (non-hydrogen) atoms. The Balaban J connectivity index is 3.37. The lowest BCUT2D eigenvalue weighted by Crippen LogP contribution is -2.45. The Kier molecular flexibility index (Phi) is 70.4. The molecule has 6 heteroatoms. The summed E-state index contributed by atoms with van der Waals surface area (Å²) >= 11 is 0. The highest BCUT2D eigenvalue weighted by atomic mass is 16.5. The van der Waals surface area contributed by atoms with Gasteiger partial charge in [0.25, 0.3) is 0 Å². The van der Waals surface area contributed by atoms with Gasteiger partial charge in [0, 0.05) is 12.8 Å². The summed E-state index contributed by atoms with van der Waals surface area (Å²) in [5, 5.41) is 23.4. The minimum absolute atomic E-state index is 0.0132. The van der Waals surface area contributed by atoms with Crippen LogP contribution in [0.4, 0.5) is 0 Å². The lowest BCUT2D eigenvalue weighted by molar-refractivity contribution is -0.143. The van der Waals surface area contributed by atoms with Gasteiger partial charge in [0.2, 0.25) is 5.91 Å². The Morgan fingerprint density at radius 2 is 0.573 bits per heavy atom. The quantitative estimate of drug-likeness (QED) is 0.0320. The van der Waals surface area contributed by atoms with E-state index in [2.05, 4.69) is 43.5 Å². The van der Waals surface area contributed by atoms with Gasteiger partial charge in [0.05, 0.1) is 25.4 Å². The molecule has 6 nitrogen and oxygen atoms in total. The van der Waals surface area contributed by atoms with Crippen LogP contribution in [0.1, 0.15) is 425 Å². The largest absolute Gasteiger partial charge is 0.466 e. The second kappa shape index (κ2) is 71.8. The van der Waals surface area contributed by atoms with Crippen LogP contribution in [0.25, 0.3) is 0 Å². The molecular weight excluding hydrogens is 1010 g/mol. The molecule has 0 aliphatic carbocycles. The van der Waals surface area contributed by atoms with E-state index >= 15 is 0 Å². The van der Waals surface area contributed by atoms with Crippen molar-refractivity contribution in [2.45, 2.75) is 437 Å². The minimum atomic E-state index is -0.666. The van der Waals surface area contributed by atoms with Gasteiger partial charge in [-0.25, -0.2) is 0 Å². The second-order valence-corrected chi connectivity index (χ2v) is 26.0. The Morgan fingerprint density at radius 3 is 0.866 bits per heavy atom. The maximum atomic E-state index is 12.5. The van der Waals surface area contributed by atoms with Crippen LogP contribution in [0.3, 0.4) is 0 Å². The molecule has 0 aromatic heterocycles. The maximum Gasteiger partial charge on any atom is 0.305 e. The number of carbonyl (C=O) groups excluding carboxylic acids is 2. The molecular formula is C76H147NO5. The molecule has 2 unspecified atom stereocenters. The molecule has 0 saturated carbocycles. The number of rotatable bonds is 71. The van der Waals surface area contributed by atoms with Crippen molar-refractivity contribution in [1.29, 1.82) is 0 Å². The highest BCUT2D eigenvalue weighted by Gasteiger charge is 2.20. The number of carbonyl (C=O) groups is 2. The Morgan fingerprint density at radius 1 is 0.329 bits per heavy atom. The molecule has 0 aliphatic heterocycles. The molecule has 486 valence electrons. The average molecular weight is 1160 g/mol. The molecule has 0 saturated heterocycles. The third kappa shape index (κ3) is 67.5. The van der Waals surface area contributed by atoms with Crippen LogP contribution in [-0.4, -0.2) is 47.4 Å². The van der Waals surface area contributed by atoms with Crippen LogP contribution in [-0.2, 0) is 14.3 Å². The molecule has 0 aromatic rings. The average Bonchev–Trinajstić information content (AvgIpc) is 3.48. The SMILES string of the molecule is CCCCCCCCC/C=C\CCCCCCCCCC(=O)OCCCCCCCCCCCCCC/C=C\CCCCCCCCCCCCCC(=O)NC(CO)C(O)CCCCCCCCCCCCCCCCCCCCCC. The third-order valence-electron chi connectivity index (χ3n) is 17.7. The molecule has 0 aliphatic rings. The van der Waals surface area contributed by atoms with E-state index in [1.165, 1.54) is 347 Å². The second-order valence-electron chi connectivity index (χ2n) is 26.0. The van der Waals surface area contributed by atoms with E-state index in [-0.39, 0.29) is 18.5 Å². The highest BCUT2D eigenvalue weighted by Crippen LogP contribution is 2.19. The van der Waals surface area contributed by atoms with Crippen molar-refractivity contribution in [3.05, 3.63) is 24.3 Å². The zero-order chi connectivity index (χ0) is 59.2. The fourth-order valence-electron chi connectivity index (χ4n) is 12.0. The molecule has 0 rings (SSSR count). The zero-order valence-electron chi connectivity index (χ0n) is 55.8. The van der Waals surface area contributed by atoms with Crippen LogP contribution in [0.5, 0.6) is 0 Å². The van der Waals surface area contributed by atoms with E-state index in [9.17, 15) is 19.8 Å². The minimum Gasteiger partial charge on any atom is -0.466 e. The summed E-state index contributed by atoms with van der Waals surface area (Å²) in [7, 11) is 0. The number of allylic oxidation sites excluding steroid dienone is 4. The molecule has 3 N–H and O–H groups in total. The first-order chi connectivity index (χ1) is 40.5. The van der Waals surface area contributed by atoms with Crippen molar-refractivity contribution in [3.63, 3.8) is 0 Å². The zero-order valence-corrected chi connectivity index (χ0v) is 55.8. The first-order valence-electron chi connectivity index (χ1n) is 37.6. The van der Waals surface area contributed by atoms with E-state index in [1.54, 1.807) is 0 Å². The third-order valence-corrected chi connectivity index (χ3v) is 17.7. The van der Waals surface area contributed by atoms with E-state index < -0.39 is 12.1 Å². The van der Waals surface area contributed by atoms with Gasteiger partial charge in [-0.15, -0.1) is 0 Å². The van der Waals surface area contributed by atoms with E-state index in [4.69, 9.17) is 4.74 Å². The number of ether oxygens (including phenoxy) is 1. The van der Waals surface area contributed by atoms with Gasteiger partial charge < -0.3 is 20.3 Å². The van der Waals surface area contributed by atoms with Gasteiger partial charge in [0.15, 0.2) is 0 Å². The summed E-state index contributed by atoms with van der Waals surface area (Å²) in [6.45, 7) is 4.99. The summed E-state index contributed by atoms with van der Waals surface area (Å²) < 4.78 is 5.51. The van der Waals surface area contributed by atoms with Gasteiger partial charge >= 0.3 is 5.97 Å². The summed E-state index contributed by atoms with van der Waals surface area (Å²) in [5.41, 5.74) is 0. The van der Waals surface area contributed by atoms with E-state index in [1.807, 2.05) is 0 Å². The van der Waals surface area contributed by atoms with Crippen LogP contribution in [0.2, 0.25) is 0 Å². The maximum absolute atomic E-state index is 12.5. The van der Waals surface area contributed by atoms with E-state index in [0.29, 0.717) is 25.9 Å². The van der Waals surface area contributed by atoms with Crippen LogP contribution in [0, 0.1) is 0 Å². The molecule has 2 atom stereocenters. The van der Waals surface area contributed by atoms with Crippen LogP contribution < -0.4 is 5.32 Å². The first-order valence-corrected chi connectivity index (χ1v) is 37.6. The van der Waals surface area contributed by atoms with Gasteiger partial charge in [-0.1, -0.05) is 359 Å². The van der Waals surface area contributed by atoms with Gasteiger partial charge in [-0.2, -0.15) is 0 Å². The van der Waals surface area contributed by atoms with Crippen molar-refractivity contribution in [1.82, 2.24) is 5.32 Å². The number of hydrogen-bond acceptors (Lipinski definition) is 5. The molecule has 0 bridgehead atoms. The highest BCUT2D eigenvalue weighted by molar-refractivity contribution is 5.76. The predicted molar refractivity (Wildman–Crippen MR) is 361 cm³/mol. The Hall–Kier alpha value is -1.66. The summed E-state index contributed by atoms with van der Waals surface area (Å²) in [6.07, 6.45) is 91.0. The number of hydrogen-bond donors (Lipinski definition) is 3. The fourth-order valence-corrected chi connectivity index (χ4v) is 12.0. The number of aliphatic hydroxyl groups is 2. The smallest absolute Gasteiger partial charge is 0.305 e. The van der Waals surface area contributed by atoms with Gasteiger partial charge in [-0.05, 0) is 77.0 Å². The summed E-state index contributed by atoms with van der Waals surface area (Å²) in [5.74, 6) is -0.0180. The number of esters is 1. The monoisotopic (exact) mass is 1150 g/mol. The molecule has 0 radical (unpaired) electrons. The first kappa shape index (κ1) is 80.3. The number of aliphatic hydroxyl groups excluding tert-OH is 2. The topological polar surface area (TPSA) is 95.9 Å². The van der Waals surface area contributed by atoms with Crippen molar-refractivity contribution in [3.8, 4) is 0 Å². The summed E-state index contributed by atoms with van der Waals surface area (Å²) in [6, 6.07) is -0.543. The van der Waals surface area contributed by atoms with Crippen molar-refractivity contribution >= 4 is 11.9 Å². The fraction of sp³-hybridized carbons (Fsp3) is 0.921.